The topological polar surface area (TPSA) is 90.0 Å². The third-order valence-electron chi connectivity index (χ3n) is 2.67. The summed E-state index contributed by atoms with van der Waals surface area (Å²) in [5.74, 6) is 0. The number of benzene rings is 1. The lowest BCUT2D eigenvalue weighted by molar-refractivity contribution is 0.599. The van der Waals surface area contributed by atoms with Crippen molar-refractivity contribution in [2.24, 2.45) is 5.73 Å². The highest BCUT2D eigenvalue weighted by Crippen LogP contribution is 2.18. The van der Waals surface area contributed by atoms with Crippen LogP contribution in [0.4, 0.5) is 5.69 Å². The Kier molecular flexibility index (Phi) is 3.87. The van der Waals surface area contributed by atoms with Crippen LogP contribution >= 0.6 is 0 Å². The lowest BCUT2D eigenvalue weighted by Crippen LogP contribution is -2.13. The molecular formula is C12H16N4O2S. The molecule has 19 heavy (non-hydrogen) atoms. The first-order valence-corrected chi connectivity index (χ1v) is 7.32. The molecule has 7 heteroatoms. The smallest absolute Gasteiger partial charge is 0.265 e. The van der Waals surface area contributed by atoms with Gasteiger partial charge in [-0.15, -0.1) is 0 Å². The summed E-state index contributed by atoms with van der Waals surface area (Å²) in [6, 6.07) is 7.20. The number of nitrogens with zero attached hydrogens (tertiary/aromatic N) is 2. The molecule has 0 unspecified atom stereocenters. The van der Waals surface area contributed by atoms with Gasteiger partial charge in [-0.2, -0.15) is 5.10 Å². The van der Waals surface area contributed by atoms with E-state index in [2.05, 4.69) is 9.82 Å². The standard InChI is InChI=1S/C12H16N4O2S/c1-10-4-2-3-5-12(10)15-19(17,18)11-8-14-16(9-11)7-6-13/h2-5,8-9,15H,6-7,13H2,1H3. The van der Waals surface area contributed by atoms with E-state index in [1.807, 2.05) is 19.1 Å². The van der Waals surface area contributed by atoms with Gasteiger partial charge in [-0.25, -0.2) is 8.42 Å². The van der Waals surface area contributed by atoms with Gasteiger partial charge in [0.2, 0.25) is 0 Å². The van der Waals surface area contributed by atoms with Crippen molar-refractivity contribution in [3.8, 4) is 0 Å². The quantitative estimate of drug-likeness (QED) is 0.853. The highest BCUT2D eigenvalue weighted by molar-refractivity contribution is 7.92. The Hall–Kier alpha value is -1.86. The van der Waals surface area contributed by atoms with Gasteiger partial charge >= 0.3 is 0 Å². The molecule has 102 valence electrons. The molecule has 1 aromatic carbocycles. The van der Waals surface area contributed by atoms with E-state index in [1.165, 1.54) is 17.1 Å². The average Bonchev–Trinajstić information content (AvgIpc) is 2.82. The lowest BCUT2D eigenvalue weighted by Gasteiger charge is -2.08. The molecule has 0 aliphatic carbocycles. The van der Waals surface area contributed by atoms with E-state index in [9.17, 15) is 8.42 Å². The van der Waals surface area contributed by atoms with Gasteiger partial charge in [-0.05, 0) is 18.6 Å². The molecule has 2 rings (SSSR count). The van der Waals surface area contributed by atoms with Crippen LogP contribution in [0.1, 0.15) is 5.56 Å². The van der Waals surface area contributed by atoms with Crippen LogP contribution in [0, 0.1) is 6.92 Å². The summed E-state index contributed by atoms with van der Waals surface area (Å²) in [5, 5.41) is 3.95. The molecule has 0 fully saturated rings. The van der Waals surface area contributed by atoms with E-state index >= 15 is 0 Å². The van der Waals surface area contributed by atoms with Gasteiger partial charge in [0.05, 0.1) is 18.4 Å². The lowest BCUT2D eigenvalue weighted by atomic mass is 10.2. The molecule has 1 heterocycles. The fraction of sp³-hybridized carbons (Fsp3) is 0.250. The van der Waals surface area contributed by atoms with Crippen LogP contribution in [0.25, 0.3) is 0 Å². The minimum atomic E-state index is -3.61. The number of aryl methyl sites for hydroxylation is 1. The van der Waals surface area contributed by atoms with Crippen molar-refractivity contribution in [1.29, 1.82) is 0 Å². The Bertz CT molecular complexity index is 664. The Morgan fingerprint density at radius 1 is 1.37 bits per heavy atom. The summed E-state index contributed by atoms with van der Waals surface area (Å²) in [6.07, 6.45) is 2.78. The number of hydrogen-bond acceptors (Lipinski definition) is 4. The predicted molar refractivity (Wildman–Crippen MR) is 73.3 cm³/mol. The summed E-state index contributed by atoms with van der Waals surface area (Å²) in [5.41, 5.74) is 6.82. The minimum Gasteiger partial charge on any atom is -0.329 e. The van der Waals surface area contributed by atoms with Gasteiger partial charge in [0.25, 0.3) is 10.0 Å². The molecule has 6 nitrogen and oxygen atoms in total. The molecule has 0 amide bonds. The second kappa shape index (κ2) is 5.41. The van der Waals surface area contributed by atoms with Crippen molar-refractivity contribution in [1.82, 2.24) is 9.78 Å². The molecule has 1 aromatic heterocycles. The van der Waals surface area contributed by atoms with Gasteiger partial charge in [0.1, 0.15) is 4.90 Å². The van der Waals surface area contributed by atoms with Crippen LogP contribution in [0.15, 0.2) is 41.6 Å². The largest absolute Gasteiger partial charge is 0.329 e. The minimum absolute atomic E-state index is 0.129. The number of hydrogen-bond donors (Lipinski definition) is 2. The summed E-state index contributed by atoms with van der Waals surface area (Å²) >= 11 is 0. The first kappa shape index (κ1) is 13.6. The number of sulfonamides is 1. The van der Waals surface area contributed by atoms with Crippen LogP contribution in [0.2, 0.25) is 0 Å². The van der Waals surface area contributed by atoms with Crippen molar-refractivity contribution in [2.75, 3.05) is 11.3 Å². The number of nitrogens with two attached hydrogens (primary N) is 1. The zero-order valence-corrected chi connectivity index (χ0v) is 11.4. The van der Waals surface area contributed by atoms with Crippen molar-refractivity contribution in [2.45, 2.75) is 18.4 Å². The first-order valence-electron chi connectivity index (χ1n) is 5.84. The number of rotatable bonds is 5. The van der Waals surface area contributed by atoms with Gasteiger partial charge in [-0.1, -0.05) is 18.2 Å². The maximum atomic E-state index is 12.2. The maximum Gasteiger partial charge on any atom is 0.265 e. The van der Waals surface area contributed by atoms with Crippen molar-refractivity contribution in [3.63, 3.8) is 0 Å². The highest BCUT2D eigenvalue weighted by Gasteiger charge is 2.17. The Morgan fingerprint density at radius 3 is 2.79 bits per heavy atom. The molecule has 0 radical (unpaired) electrons. The van der Waals surface area contributed by atoms with E-state index in [4.69, 9.17) is 5.73 Å². The van der Waals surface area contributed by atoms with Gasteiger partial charge < -0.3 is 5.73 Å². The van der Waals surface area contributed by atoms with Crippen molar-refractivity contribution >= 4 is 15.7 Å². The van der Waals surface area contributed by atoms with Crippen LogP contribution in [0.3, 0.4) is 0 Å². The molecule has 0 saturated carbocycles. The van der Waals surface area contributed by atoms with Crippen LogP contribution < -0.4 is 10.5 Å². The fourth-order valence-corrected chi connectivity index (χ4v) is 2.71. The monoisotopic (exact) mass is 280 g/mol. The number of aromatic nitrogens is 2. The van der Waals surface area contributed by atoms with Crippen molar-refractivity contribution in [3.05, 3.63) is 42.2 Å². The van der Waals surface area contributed by atoms with Crippen LogP contribution in [0.5, 0.6) is 0 Å². The highest BCUT2D eigenvalue weighted by atomic mass is 32.2. The Labute approximate surface area is 112 Å². The zero-order valence-electron chi connectivity index (χ0n) is 10.6. The van der Waals surface area contributed by atoms with E-state index < -0.39 is 10.0 Å². The van der Waals surface area contributed by atoms with E-state index in [0.29, 0.717) is 18.8 Å². The summed E-state index contributed by atoms with van der Waals surface area (Å²) in [7, 11) is -3.61. The molecule has 3 N–H and O–H groups in total. The zero-order chi connectivity index (χ0) is 13.9. The molecule has 0 aliphatic heterocycles. The summed E-state index contributed by atoms with van der Waals surface area (Å²) < 4.78 is 28.4. The molecule has 2 aromatic rings. The van der Waals surface area contributed by atoms with Gasteiger partial charge in [-0.3, -0.25) is 9.40 Å². The molecular weight excluding hydrogens is 264 g/mol. The van der Waals surface area contributed by atoms with E-state index in [0.717, 1.165) is 5.56 Å². The number of nitrogens with one attached hydrogen (secondary N) is 1. The fourth-order valence-electron chi connectivity index (χ4n) is 1.63. The van der Waals surface area contributed by atoms with Crippen LogP contribution in [-0.4, -0.2) is 24.7 Å². The Morgan fingerprint density at radius 2 is 2.11 bits per heavy atom. The molecule has 0 spiro atoms. The maximum absolute atomic E-state index is 12.2. The van der Waals surface area contributed by atoms with Crippen LogP contribution in [-0.2, 0) is 16.6 Å². The normalized spacial score (nSPS) is 11.5. The summed E-state index contributed by atoms with van der Waals surface area (Å²) in [4.78, 5) is 0.129. The number of anilines is 1. The third-order valence-corrected chi connectivity index (χ3v) is 3.99. The number of para-hydroxylation sites is 1. The van der Waals surface area contributed by atoms with E-state index in [1.54, 1.807) is 12.1 Å². The van der Waals surface area contributed by atoms with Gasteiger partial charge in [0, 0.05) is 12.7 Å². The predicted octanol–water partition coefficient (Wildman–Crippen LogP) is 0.951. The molecule has 0 aliphatic rings. The SMILES string of the molecule is Cc1ccccc1NS(=O)(=O)c1cnn(CCN)c1. The van der Waals surface area contributed by atoms with Crippen molar-refractivity contribution < 1.29 is 8.42 Å². The second-order valence-electron chi connectivity index (χ2n) is 4.15. The first-order chi connectivity index (χ1) is 9.03. The Balaban J connectivity index is 2.25. The third kappa shape index (κ3) is 3.12. The average molecular weight is 280 g/mol. The molecule has 0 atom stereocenters. The summed E-state index contributed by atoms with van der Waals surface area (Å²) in [6.45, 7) is 2.74. The van der Waals surface area contributed by atoms with Gasteiger partial charge in [0.15, 0.2) is 0 Å². The second-order valence-corrected chi connectivity index (χ2v) is 5.83. The molecule has 0 bridgehead atoms. The molecule has 0 saturated heterocycles. The van der Waals surface area contributed by atoms with E-state index in [-0.39, 0.29) is 4.90 Å².